The van der Waals surface area contributed by atoms with E-state index in [1.807, 2.05) is 17.0 Å². The van der Waals surface area contributed by atoms with Crippen LogP contribution < -0.4 is 5.32 Å². The zero-order valence-electron chi connectivity index (χ0n) is 12.9. The summed E-state index contributed by atoms with van der Waals surface area (Å²) < 4.78 is 5.32. The van der Waals surface area contributed by atoms with Crippen LogP contribution in [0.3, 0.4) is 0 Å². The highest BCUT2D eigenvalue weighted by atomic mass is 16.5. The molecule has 2 atom stereocenters. The first kappa shape index (κ1) is 14.4. The lowest BCUT2D eigenvalue weighted by molar-refractivity contribution is 0.0748. The van der Waals surface area contributed by atoms with E-state index in [0.29, 0.717) is 23.3 Å². The molecule has 4 heterocycles. The minimum absolute atomic E-state index is 0.0307. The third-order valence-corrected chi connectivity index (χ3v) is 4.98. The highest BCUT2D eigenvalue weighted by molar-refractivity contribution is 5.93. The molecule has 1 N–H and O–H groups in total. The van der Waals surface area contributed by atoms with E-state index < -0.39 is 0 Å². The molecule has 2 saturated heterocycles. The Kier molecular flexibility index (Phi) is 3.83. The number of nitrogens with zero attached hydrogens (tertiary/aromatic N) is 3. The summed E-state index contributed by atoms with van der Waals surface area (Å²) >= 11 is 0. The topological polar surface area (TPSA) is 71.3 Å². The van der Waals surface area contributed by atoms with Crippen molar-refractivity contribution in [3.8, 4) is 11.3 Å². The van der Waals surface area contributed by atoms with Gasteiger partial charge in [-0.1, -0.05) is 5.16 Å². The molecule has 2 aromatic rings. The molecule has 0 aromatic carbocycles. The monoisotopic (exact) mass is 312 g/mol. The van der Waals surface area contributed by atoms with Gasteiger partial charge in [-0.15, -0.1) is 0 Å². The summed E-state index contributed by atoms with van der Waals surface area (Å²) in [5.41, 5.74) is 1.21. The number of carbonyl (C=O) groups is 1. The number of aromatic nitrogens is 2. The normalized spacial score (nSPS) is 24.3. The number of pyridine rings is 1. The lowest BCUT2D eigenvalue weighted by Gasteiger charge is -2.19. The molecular weight excluding hydrogens is 292 g/mol. The van der Waals surface area contributed by atoms with Crippen molar-refractivity contribution in [2.75, 3.05) is 26.2 Å². The van der Waals surface area contributed by atoms with Gasteiger partial charge < -0.3 is 14.7 Å². The molecule has 0 radical (unpaired) electrons. The van der Waals surface area contributed by atoms with Gasteiger partial charge in [0.2, 0.25) is 0 Å². The Labute approximate surface area is 134 Å². The van der Waals surface area contributed by atoms with Gasteiger partial charge in [0.25, 0.3) is 5.91 Å². The molecule has 2 fully saturated rings. The van der Waals surface area contributed by atoms with E-state index in [1.54, 1.807) is 18.5 Å². The summed E-state index contributed by atoms with van der Waals surface area (Å²) in [5, 5.41) is 7.42. The van der Waals surface area contributed by atoms with Crippen LogP contribution in [-0.4, -0.2) is 47.1 Å². The second kappa shape index (κ2) is 6.12. The maximum absolute atomic E-state index is 12.7. The van der Waals surface area contributed by atoms with E-state index in [1.165, 1.54) is 0 Å². The molecule has 2 aromatic heterocycles. The third kappa shape index (κ3) is 2.86. The number of rotatable bonds is 2. The summed E-state index contributed by atoms with van der Waals surface area (Å²) in [5.74, 6) is 1.96. The molecule has 120 valence electrons. The van der Waals surface area contributed by atoms with Crippen molar-refractivity contribution in [3.05, 3.63) is 36.3 Å². The summed E-state index contributed by atoms with van der Waals surface area (Å²) in [6.07, 6.45) is 5.54. The van der Waals surface area contributed by atoms with E-state index in [-0.39, 0.29) is 5.91 Å². The second-order valence-electron chi connectivity index (χ2n) is 6.37. The number of amides is 1. The molecule has 23 heavy (non-hydrogen) atoms. The molecular formula is C17H20N4O2. The van der Waals surface area contributed by atoms with E-state index in [2.05, 4.69) is 15.5 Å². The van der Waals surface area contributed by atoms with Crippen molar-refractivity contribution >= 4 is 5.91 Å². The van der Waals surface area contributed by atoms with Crippen LogP contribution in [0.2, 0.25) is 0 Å². The molecule has 6 heteroatoms. The van der Waals surface area contributed by atoms with Crippen LogP contribution in [0.15, 0.2) is 35.1 Å². The van der Waals surface area contributed by atoms with Crippen LogP contribution in [0.4, 0.5) is 0 Å². The highest BCUT2D eigenvalue weighted by Gasteiger charge is 2.32. The maximum atomic E-state index is 12.7. The zero-order valence-corrected chi connectivity index (χ0v) is 12.9. The average molecular weight is 312 g/mol. The van der Waals surface area contributed by atoms with Crippen molar-refractivity contribution in [2.24, 2.45) is 11.8 Å². The third-order valence-electron chi connectivity index (χ3n) is 4.98. The van der Waals surface area contributed by atoms with Crippen LogP contribution in [0.5, 0.6) is 0 Å². The van der Waals surface area contributed by atoms with Gasteiger partial charge in [-0.3, -0.25) is 9.78 Å². The fraction of sp³-hybridized carbons (Fsp3) is 0.471. The summed E-state index contributed by atoms with van der Waals surface area (Å²) in [7, 11) is 0. The minimum atomic E-state index is -0.0307. The van der Waals surface area contributed by atoms with Gasteiger partial charge in [0.1, 0.15) is 0 Å². The Bertz CT molecular complexity index is 671. The molecule has 1 amide bonds. The fourth-order valence-corrected chi connectivity index (χ4v) is 3.60. The van der Waals surface area contributed by atoms with Crippen molar-refractivity contribution in [1.82, 2.24) is 20.4 Å². The van der Waals surface area contributed by atoms with E-state index in [0.717, 1.165) is 44.6 Å². The van der Waals surface area contributed by atoms with Gasteiger partial charge >= 0.3 is 0 Å². The predicted molar refractivity (Wildman–Crippen MR) is 84.7 cm³/mol. The number of likely N-dealkylation sites (tertiary alicyclic amines) is 1. The first-order valence-electron chi connectivity index (χ1n) is 8.18. The Morgan fingerprint density at radius 2 is 2.04 bits per heavy atom. The molecule has 2 aliphatic heterocycles. The largest absolute Gasteiger partial charge is 0.355 e. The van der Waals surface area contributed by atoms with Crippen molar-refractivity contribution < 1.29 is 9.32 Å². The number of hydrogen-bond acceptors (Lipinski definition) is 5. The first-order chi connectivity index (χ1) is 11.3. The minimum Gasteiger partial charge on any atom is -0.355 e. The second-order valence-corrected chi connectivity index (χ2v) is 6.37. The van der Waals surface area contributed by atoms with Crippen LogP contribution in [0.25, 0.3) is 11.3 Å². The molecule has 0 spiro atoms. The smallest absolute Gasteiger partial charge is 0.276 e. The molecule has 4 rings (SSSR count). The lowest BCUT2D eigenvalue weighted by atomic mass is 9.92. The van der Waals surface area contributed by atoms with Crippen molar-refractivity contribution in [1.29, 1.82) is 0 Å². The Balaban J connectivity index is 1.48. The first-order valence-corrected chi connectivity index (χ1v) is 8.18. The van der Waals surface area contributed by atoms with E-state index in [4.69, 9.17) is 4.52 Å². The van der Waals surface area contributed by atoms with Crippen LogP contribution in [0.1, 0.15) is 23.3 Å². The van der Waals surface area contributed by atoms with E-state index >= 15 is 0 Å². The van der Waals surface area contributed by atoms with Gasteiger partial charge in [0.05, 0.1) is 0 Å². The van der Waals surface area contributed by atoms with Gasteiger partial charge in [0.15, 0.2) is 11.5 Å². The standard InChI is InChI=1S/C17H20N4O2/c22-17(21-6-3-12-9-19-10-13(12)4-7-21)15-8-16(23-20-15)14-2-1-5-18-11-14/h1-2,5,8,11-13,19H,3-4,6-7,9-10H2/t12-,13+. The fourth-order valence-electron chi connectivity index (χ4n) is 3.60. The van der Waals surface area contributed by atoms with Crippen LogP contribution >= 0.6 is 0 Å². The Morgan fingerprint density at radius 3 is 2.74 bits per heavy atom. The predicted octanol–water partition coefficient (Wildman–Crippen LogP) is 1.81. The quantitative estimate of drug-likeness (QED) is 0.915. The number of nitrogens with one attached hydrogen (secondary N) is 1. The summed E-state index contributed by atoms with van der Waals surface area (Å²) in [4.78, 5) is 18.7. The van der Waals surface area contributed by atoms with E-state index in [9.17, 15) is 4.79 Å². The van der Waals surface area contributed by atoms with Crippen LogP contribution in [0, 0.1) is 11.8 Å². The molecule has 0 bridgehead atoms. The summed E-state index contributed by atoms with van der Waals surface area (Å²) in [6.45, 7) is 3.77. The molecule has 6 nitrogen and oxygen atoms in total. The van der Waals surface area contributed by atoms with Gasteiger partial charge in [-0.05, 0) is 49.9 Å². The SMILES string of the molecule is O=C(c1cc(-c2cccnc2)on1)N1CC[C@@H]2CNC[C@@H]2CC1. The highest BCUT2D eigenvalue weighted by Crippen LogP contribution is 2.28. The maximum Gasteiger partial charge on any atom is 0.276 e. The number of fused-ring (bicyclic) bond motifs is 1. The summed E-state index contributed by atoms with van der Waals surface area (Å²) in [6, 6.07) is 5.44. The van der Waals surface area contributed by atoms with Crippen LogP contribution in [-0.2, 0) is 0 Å². The Hall–Kier alpha value is -2.21. The van der Waals surface area contributed by atoms with Gasteiger partial charge in [-0.25, -0.2) is 0 Å². The Morgan fingerprint density at radius 1 is 1.26 bits per heavy atom. The molecule has 0 unspecified atom stereocenters. The van der Waals surface area contributed by atoms with Crippen molar-refractivity contribution in [3.63, 3.8) is 0 Å². The lowest BCUT2D eigenvalue weighted by Crippen LogP contribution is -2.32. The molecule has 0 aliphatic carbocycles. The average Bonchev–Trinajstić information content (AvgIpc) is 3.21. The molecule has 0 saturated carbocycles. The number of carbonyl (C=O) groups excluding carboxylic acids is 1. The van der Waals surface area contributed by atoms with Gasteiger partial charge in [0, 0.05) is 37.1 Å². The molecule has 2 aliphatic rings. The zero-order chi connectivity index (χ0) is 15.6. The van der Waals surface area contributed by atoms with Crippen molar-refractivity contribution in [2.45, 2.75) is 12.8 Å². The number of hydrogen-bond donors (Lipinski definition) is 1. The van der Waals surface area contributed by atoms with Gasteiger partial charge in [-0.2, -0.15) is 0 Å².